The Labute approximate surface area is 168 Å². The Morgan fingerprint density at radius 2 is 1.45 bits per heavy atom. The van der Waals surface area contributed by atoms with Crippen LogP contribution in [0.2, 0.25) is 0 Å². The summed E-state index contributed by atoms with van der Waals surface area (Å²) < 4.78 is 10.8. The molecule has 0 heterocycles. The van der Waals surface area contributed by atoms with Gasteiger partial charge in [0.25, 0.3) is 0 Å². The highest BCUT2D eigenvalue weighted by atomic mass is 16.5. The minimum Gasteiger partial charge on any atom is -0.482 e. The lowest BCUT2D eigenvalue weighted by atomic mass is 10.1. The molecule has 1 amide bonds. The van der Waals surface area contributed by atoms with Crippen LogP contribution in [0.25, 0.3) is 0 Å². The number of carbonyl (C=O) groups excluding carboxylic acids is 1. The Kier molecular flexibility index (Phi) is 6.47. The maximum absolute atomic E-state index is 12.2. The number of nitrogens with one attached hydrogen (secondary N) is 1. The highest BCUT2D eigenvalue weighted by Crippen LogP contribution is 2.24. The van der Waals surface area contributed by atoms with E-state index in [-0.39, 0.29) is 18.9 Å². The van der Waals surface area contributed by atoms with Gasteiger partial charge in [0.15, 0.2) is 6.61 Å². The highest BCUT2D eigenvalue weighted by Gasteiger charge is 2.07. The average Bonchev–Trinajstić information content (AvgIpc) is 2.71. The van der Waals surface area contributed by atoms with Crippen molar-refractivity contribution in [1.29, 1.82) is 0 Å². The number of benzene rings is 3. The zero-order valence-electron chi connectivity index (χ0n) is 15.9. The van der Waals surface area contributed by atoms with E-state index in [1.54, 1.807) is 36.4 Å². The van der Waals surface area contributed by atoms with Gasteiger partial charge >= 0.3 is 5.97 Å². The molecule has 0 saturated heterocycles. The Morgan fingerprint density at radius 1 is 0.862 bits per heavy atom. The van der Waals surface area contributed by atoms with E-state index in [2.05, 4.69) is 5.32 Å². The molecule has 0 aliphatic rings. The molecule has 6 heteroatoms. The van der Waals surface area contributed by atoms with Crippen LogP contribution in [-0.4, -0.2) is 23.6 Å². The summed E-state index contributed by atoms with van der Waals surface area (Å²) in [7, 11) is 0. The first-order valence-corrected chi connectivity index (χ1v) is 9.06. The lowest BCUT2D eigenvalue weighted by molar-refractivity contribution is -0.139. The number of hydrogen-bond acceptors (Lipinski definition) is 4. The first kappa shape index (κ1) is 19.9. The van der Waals surface area contributed by atoms with Crippen molar-refractivity contribution in [2.45, 2.75) is 13.3 Å². The third kappa shape index (κ3) is 6.10. The molecule has 0 atom stereocenters. The van der Waals surface area contributed by atoms with Crippen molar-refractivity contribution in [1.82, 2.24) is 0 Å². The van der Waals surface area contributed by atoms with Gasteiger partial charge in [0.1, 0.15) is 17.2 Å². The highest BCUT2D eigenvalue weighted by molar-refractivity contribution is 5.92. The second-order valence-corrected chi connectivity index (χ2v) is 6.44. The summed E-state index contributed by atoms with van der Waals surface area (Å²) in [5.41, 5.74) is 2.71. The molecule has 3 aromatic carbocycles. The molecular weight excluding hydrogens is 370 g/mol. The predicted octanol–water partition coefficient (Wildman–Crippen LogP) is 4.43. The van der Waals surface area contributed by atoms with Crippen LogP contribution >= 0.6 is 0 Å². The van der Waals surface area contributed by atoms with Crippen molar-refractivity contribution in [2.24, 2.45) is 0 Å². The Morgan fingerprint density at radius 3 is 2.07 bits per heavy atom. The van der Waals surface area contributed by atoms with Gasteiger partial charge in [0, 0.05) is 5.69 Å². The van der Waals surface area contributed by atoms with Crippen molar-refractivity contribution < 1.29 is 24.2 Å². The van der Waals surface area contributed by atoms with Crippen molar-refractivity contribution in [3.63, 3.8) is 0 Å². The number of amides is 1. The number of aliphatic carboxylic acids is 1. The topological polar surface area (TPSA) is 84.9 Å². The molecule has 29 heavy (non-hydrogen) atoms. The van der Waals surface area contributed by atoms with Crippen LogP contribution in [0.4, 0.5) is 5.69 Å². The zero-order valence-corrected chi connectivity index (χ0v) is 15.9. The molecule has 2 N–H and O–H groups in total. The first-order valence-electron chi connectivity index (χ1n) is 9.06. The third-order valence-electron chi connectivity index (χ3n) is 4.13. The van der Waals surface area contributed by atoms with E-state index in [0.29, 0.717) is 17.2 Å². The predicted molar refractivity (Wildman–Crippen MR) is 110 cm³/mol. The van der Waals surface area contributed by atoms with Gasteiger partial charge in [-0.2, -0.15) is 0 Å². The van der Waals surface area contributed by atoms with E-state index in [1.807, 2.05) is 43.3 Å². The summed E-state index contributed by atoms with van der Waals surface area (Å²) in [6.07, 6.45) is 0.268. The number of ether oxygens (including phenoxy) is 2. The zero-order chi connectivity index (χ0) is 20.6. The molecule has 0 bridgehead atoms. The number of aryl methyl sites for hydroxylation is 1. The molecule has 0 aromatic heterocycles. The number of anilines is 1. The third-order valence-corrected chi connectivity index (χ3v) is 4.13. The molecular formula is C23H21NO5. The Balaban J connectivity index is 1.54. The molecule has 0 spiro atoms. The van der Waals surface area contributed by atoms with E-state index < -0.39 is 5.97 Å². The van der Waals surface area contributed by atoms with Crippen LogP contribution in [0.3, 0.4) is 0 Å². The van der Waals surface area contributed by atoms with Crippen LogP contribution in [0.15, 0.2) is 72.8 Å². The molecule has 0 radical (unpaired) electrons. The number of carboxylic acid groups (broad SMARTS) is 1. The number of rotatable bonds is 8. The van der Waals surface area contributed by atoms with Crippen LogP contribution in [0, 0.1) is 6.92 Å². The van der Waals surface area contributed by atoms with Crippen molar-refractivity contribution >= 4 is 17.6 Å². The first-order chi connectivity index (χ1) is 14.0. The SMILES string of the molecule is Cc1ccccc1NC(=O)Cc1ccc(Oc2ccc(OCC(=O)O)cc2)cc1. The lowest BCUT2D eigenvalue weighted by Gasteiger charge is -2.09. The fraction of sp³-hybridized carbons (Fsp3) is 0.130. The van der Waals surface area contributed by atoms with Gasteiger partial charge in [-0.1, -0.05) is 30.3 Å². The smallest absolute Gasteiger partial charge is 0.341 e. The Bertz CT molecular complexity index is 981. The number of hydrogen-bond donors (Lipinski definition) is 2. The van der Waals surface area contributed by atoms with E-state index in [0.717, 1.165) is 16.8 Å². The van der Waals surface area contributed by atoms with Crippen LogP contribution < -0.4 is 14.8 Å². The second kappa shape index (κ2) is 9.41. The van der Waals surface area contributed by atoms with Gasteiger partial charge in [0.05, 0.1) is 6.42 Å². The quantitative estimate of drug-likeness (QED) is 0.593. The standard InChI is InChI=1S/C23H21NO5/c1-16-4-2-3-5-21(16)24-22(25)14-17-6-8-19(9-7-17)29-20-12-10-18(11-13-20)28-15-23(26)27/h2-13H,14-15H2,1H3,(H,24,25)(H,26,27). The fourth-order valence-electron chi connectivity index (χ4n) is 2.65. The second-order valence-electron chi connectivity index (χ2n) is 6.44. The van der Waals surface area contributed by atoms with Gasteiger partial charge in [-0.15, -0.1) is 0 Å². The van der Waals surface area contributed by atoms with Gasteiger partial charge in [0.2, 0.25) is 5.91 Å². The monoisotopic (exact) mass is 391 g/mol. The molecule has 3 rings (SSSR count). The minimum absolute atomic E-state index is 0.0788. The van der Waals surface area contributed by atoms with E-state index in [9.17, 15) is 9.59 Å². The molecule has 0 fully saturated rings. The summed E-state index contributed by atoms with van der Waals surface area (Å²) in [5.74, 6) is 0.572. The summed E-state index contributed by atoms with van der Waals surface area (Å²) >= 11 is 0. The van der Waals surface area contributed by atoms with Crippen LogP contribution in [0.5, 0.6) is 17.2 Å². The molecule has 148 valence electrons. The molecule has 0 unspecified atom stereocenters. The van der Waals surface area contributed by atoms with Crippen molar-refractivity contribution in [3.05, 3.63) is 83.9 Å². The number of para-hydroxylation sites is 1. The maximum Gasteiger partial charge on any atom is 0.341 e. The summed E-state index contributed by atoms with van der Waals surface area (Å²) in [5, 5.41) is 11.5. The van der Waals surface area contributed by atoms with Crippen LogP contribution in [0.1, 0.15) is 11.1 Å². The van der Waals surface area contributed by atoms with E-state index in [1.165, 1.54) is 0 Å². The Hall–Kier alpha value is -3.80. The number of carbonyl (C=O) groups is 2. The van der Waals surface area contributed by atoms with Gasteiger partial charge in [-0.25, -0.2) is 4.79 Å². The van der Waals surface area contributed by atoms with Crippen molar-refractivity contribution in [2.75, 3.05) is 11.9 Å². The molecule has 0 saturated carbocycles. The van der Waals surface area contributed by atoms with Gasteiger partial charge in [-0.3, -0.25) is 4.79 Å². The average molecular weight is 391 g/mol. The normalized spacial score (nSPS) is 10.2. The van der Waals surface area contributed by atoms with E-state index in [4.69, 9.17) is 14.6 Å². The lowest BCUT2D eigenvalue weighted by Crippen LogP contribution is -2.15. The largest absolute Gasteiger partial charge is 0.482 e. The molecule has 3 aromatic rings. The summed E-state index contributed by atoms with van der Waals surface area (Å²) in [6, 6.07) is 21.6. The van der Waals surface area contributed by atoms with E-state index >= 15 is 0 Å². The van der Waals surface area contributed by atoms with Crippen molar-refractivity contribution in [3.8, 4) is 17.2 Å². The molecule has 6 nitrogen and oxygen atoms in total. The summed E-state index contributed by atoms with van der Waals surface area (Å²) in [4.78, 5) is 22.8. The summed E-state index contributed by atoms with van der Waals surface area (Å²) in [6.45, 7) is 1.56. The van der Waals surface area contributed by atoms with Gasteiger partial charge in [-0.05, 0) is 60.5 Å². The molecule has 0 aliphatic carbocycles. The van der Waals surface area contributed by atoms with Crippen LogP contribution in [-0.2, 0) is 16.0 Å². The number of carboxylic acids is 1. The maximum atomic E-state index is 12.2. The van der Waals surface area contributed by atoms with Gasteiger partial charge < -0.3 is 19.9 Å². The minimum atomic E-state index is -1.03. The fourth-order valence-corrected chi connectivity index (χ4v) is 2.65. The molecule has 0 aliphatic heterocycles.